The molecule has 0 atom stereocenters. The summed E-state index contributed by atoms with van der Waals surface area (Å²) in [6, 6.07) is 10.3. The van der Waals surface area contributed by atoms with Crippen molar-refractivity contribution in [2.45, 2.75) is 0 Å². The van der Waals surface area contributed by atoms with E-state index in [2.05, 4.69) is 9.97 Å². The van der Waals surface area contributed by atoms with Crippen molar-refractivity contribution < 1.29 is 9.53 Å². The number of hydrogen-bond acceptors (Lipinski definition) is 4. The number of halogens is 1. The maximum Gasteiger partial charge on any atom is 0.318 e. The van der Waals surface area contributed by atoms with Crippen LogP contribution < -0.4 is 4.74 Å². The van der Waals surface area contributed by atoms with Gasteiger partial charge < -0.3 is 4.74 Å². The third kappa shape index (κ3) is 2.60. The molecule has 1 aromatic carbocycles. The van der Waals surface area contributed by atoms with Gasteiger partial charge in [0.15, 0.2) is 0 Å². The standard InChI is InChI=1S/C12H9ClN2O2/c1-17-12-14-9(7-10(13)15-12)11(16)8-5-3-2-4-6-8/h2-7H,1H3. The van der Waals surface area contributed by atoms with Crippen LogP contribution in [0.1, 0.15) is 16.1 Å². The second-order valence-electron chi connectivity index (χ2n) is 3.26. The molecular formula is C12H9ClN2O2. The monoisotopic (exact) mass is 248 g/mol. The first-order valence-corrected chi connectivity index (χ1v) is 5.27. The summed E-state index contributed by atoms with van der Waals surface area (Å²) in [5, 5.41) is 0.177. The lowest BCUT2D eigenvalue weighted by Gasteiger charge is -2.03. The molecule has 5 heteroatoms. The minimum Gasteiger partial charge on any atom is -0.467 e. The quantitative estimate of drug-likeness (QED) is 0.618. The predicted molar refractivity (Wildman–Crippen MR) is 63.5 cm³/mol. The van der Waals surface area contributed by atoms with Crippen LogP contribution in [0.3, 0.4) is 0 Å². The van der Waals surface area contributed by atoms with Crippen LogP contribution in [0.4, 0.5) is 0 Å². The summed E-state index contributed by atoms with van der Waals surface area (Å²) in [4.78, 5) is 19.8. The highest BCUT2D eigenvalue weighted by atomic mass is 35.5. The maximum atomic E-state index is 12.1. The summed E-state index contributed by atoms with van der Waals surface area (Å²) in [6.07, 6.45) is 0. The van der Waals surface area contributed by atoms with Gasteiger partial charge in [-0.15, -0.1) is 0 Å². The Morgan fingerprint density at radius 3 is 2.59 bits per heavy atom. The van der Waals surface area contributed by atoms with Crippen molar-refractivity contribution in [1.82, 2.24) is 9.97 Å². The zero-order valence-electron chi connectivity index (χ0n) is 9.05. The predicted octanol–water partition coefficient (Wildman–Crippen LogP) is 2.37. The number of nitrogens with zero attached hydrogens (tertiary/aromatic N) is 2. The second-order valence-corrected chi connectivity index (χ2v) is 3.65. The van der Waals surface area contributed by atoms with Gasteiger partial charge in [-0.2, -0.15) is 9.97 Å². The normalized spacial score (nSPS) is 10.0. The van der Waals surface area contributed by atoms with Crippen molar-refractivity contribution in [3.05, 3.63) is 52.8 Å². The van der Waals surface area contributed by atoms with Gasteiger partial charge in [-0.1, -0.05) is 41.9 Å². The molecular weight excluding hydrogens is 240 g/mol. The summed E-state index contributed by atoms with van der Waals surface area (Å²) < 4.78 is 4.86. The lowest BCUT2D eigenvalue weighted by atomic mass is 10.1. The Bertz CT molecular complexity index is 543. The molecule has 0 fully saturated rings. The van der Waals surface area contributed by atoms with Gasteiger partial charge >= 0.3 is 6.01 Å². The van der Waals surface area contributed by atoms with Crippen molar-refractivity contribution in [1.29, 1.82) is 0 Å². The topological polar surface area (TPSA) is 52.1 Å². The van der Waals surface area contributed by atoms with Gasteiger partial charge in [0.25, 0.3) is 0 Å². The van der Waals surface area contributed by atoms with Crippen LogP contribution in [0.5, 0.6) is 6.01 Å². The molecule has 1 heterocycles. The smallest absolute Gasteiger partial charge is 0.318 e. The summed E-state index contributed by atoms with van der Waals surface area (Å²) in [6.45, 7) is 0. The molecule has 0 N–H and O–H groups in total. The Labute approximate surface area is 103 Å². The van der Waals surface area contributed by atoms with Crippen LogP contribution in [0.15, 0.2) is 36.4 Å². The molecule has 0 saturated heterocycles. The molecule has 4 nitrogen and oxygen atoms in total. The van der Waals surface area contributed by atoms with E-state index in [-0.39, 0.29) is 22.6 Å². The number of carbonyl (C=O) groups is 1. The van der Waals surface area contributed by atoms with Crippen LogP contribution >= 0.6 is 11.6 Å². The van der Waals surface area contributed by atoms with Crippen LogP contribution in [-0.2, 0) is 0 Å². The molecule has 17 heavy (non-hydrogen) atoms. The first-order valence-electron chi connectivity index (χ1n) is 4.89. The average Bonchev–Trinajstić information content (AvgIpc) is 2.38. The van der Waals surface area contributed by atoms with Crippen molar-refractivity contribution in [3.63, 3.8) is 0 Å². The Morgan fingerprint density at radius 1 is 1.24 bits per heavy atom. The number of ether oxygens (including phenoxy) is 1. The third-order valence-electron chi connectivity index (χ3n) is 2.13. The molecule has 86 valence electrons. The van der Waals surface area contributed by atoms with E-state index in [1.807, 2.05) is 6.07 Å². The first-order chi connectivity index (χ1) is 8.20. The zero-order chi connectivity index (χ0) is 12.3. The van der Waals surface area contributed by atoms with Gasteiger partial charge in [0.05, 0.1) is 7.11 Å². The Morgan fingerprint density at radius 2 is 1.94 bits per heavy atom. The van der Waals surface area contributed by atoms with Gasteiger partial charge in [0.2, 0.25) is 5.78 Å². The summed E-state index contributed by atoms with van der Waals surface area (Å²) in [5.41, 5.74) is 0.761. The fourth-order valence-corrected chi connectivity index (χ4v) is 1.52. The van der Waals surface area contributed by atoms with E-state index >= 15 is 0 Å². The number of hydrogen-bond donors (Lipinski definition) is 0. The SMILES string of the molecule is COc1nc(Cl)cc(C(=O)c2ccccc2)n1. The second kappa shape index (κ2) is 4.93. The summed E-state index contributed by atoms with van der Waals surface area (Å²) >= 11 is 5.78. The fourth-order valence-electron chi connectivity index (χ4n) is 1.34. The number of rotatable bonds is 3. The molecule has 0 saturated carbocycles. The number of methoxy groups -OCH3 is 1. The molecule has 0 amide bonds. The molecule has 2 rings (SSSR count). The molecule has 0 aliphatic carbocycles. The fraction of sp³-hybridized carbons (Fsp3) is 0.0833. The molecule has 0 aliphatic heterocycles. The van der Waals surface area contributed by atoms with Gasteiger partial charge in [0, 0.05) is 11.6 Å². The number of ketones is 1. The lowest BCUT2D eigenvalue weighted by Crippen LogP contribution is -2.06. The van der Waals surface area contributed by atoms with Crippen molar-refractivity contribution >= 4 is 17.4 Å². The summed E-state index contributed by atoms with van der Waals surface area (Å²) in [5.74, 6) is -0.215. The molecule has 1 aromatic heterocycles. The molecule has 0 unspecified atom stereocenters. The lowest BCUT2D eigenvalue weighted by molar-refractivity contribution is 0.103. The molecule has 2 aromatic rings. The maximum absolute atomic E-state index is 12.1. The van der Waals surface area contributed by atoms with Crippen LogP contribution in [0, 0.1) is 0 Å². The summed E-state index contributed by atoms with van der Waals surface area (Å²) in [7, 11) is 1.42. The number of carbonyl (C=O) groups excluding carboxylic acids is 1. The highest BCUT2D eigenvalue weighted by Gasteiger charge is 2.13. The van der Waals surface area contributed by atoms with Crippen molar-refractivity contribution in [2.75, 3.05) is 7.11 Å². The molecule has 0 bridgehead atoms. The Balaban J connectivity index is 2.41. The highest BCUT2D eigenvalue weighted by molar-refractivity contribution is 6.29. The van der Waals surface area contributed by atoms with Crippen LogP contribution in [0.2, 0.25) is 5.15 Å². The molecule has 0 aliphatic rings. The first kappa shape index (κ1) is 11.5. The van der Waals surface area contributed by atoms with E-state index in [1.165, 1.54) is 13.2 Å². The van der Waals surface area contributed by atoms with Crippen molar-refractivity contribution in [3.8, 4) is 6.01 Å². The average molecular weight is 249 g/mol. The highest BCUT2D eigenvalue weighted by Crippen LogP contribution is 2.15. The van der Waals surface area contributed by atoms with E-state index in [0.29, 0.717) is 5.56 Å². The third-order valence-corrected chi connectivity index (χ3v) is 2.32. The number of benzene rings is 1. The Hall–Kier alpha value is -1.94. The largest absolute Gasteiger partial charge is 0.467 e. The van der Waals surface area contributed by atoms with Crippen LogP contribution in [-0.4, -0.2) is 22.9 Å². The molecule has 0 spiro atoms. The van der Waals surface area contributed by atoms with E-state index in [0.717, 1.165) is 0 Å². The Kier molecular flexibility index (Phi) is 3.35. The van der Waals surface area contributed by atoms with E-state index < -0.39 is 0 Å². The van der Waals surface area contributed by atoms with Gasteiger partial charge in [0.1, 0.15) is 10.8 Å². The van der Waals surface area contributed by atoms with E-state index in [4.69, 9.17) is 16.3 Å². The van der Waals surface area contributed by atoms with E-state index in [1.54, 1.807) is 24.3 Å². The van der Waals surface area contributed by atoms with Gasteiger partial charge in [-0.3, -0.25) is 4.79 Å². The van der Waals surface area contributed by atoms with Crippen molar-refractivity contribution in [2.24, 2.45) is 0 Å². The molecule has 0 radical (unpaired) electrons. The van der Waals surface area contributed by atoms with Gasteiger partial charge in [-0.05, 0) is 0 Å². The van der Waals surface area contributed by atoms with Gasteiger partial charge in [-0.25, -0.2) is 0 Å². The number of aromatic nitrogens is 2. The van der Waals surface area contributed by atoms with E-state index in [9.17, 15) is 4.79 Å². The minimum atomic E-state index is -0.215. The zero-order valence-corrected chi connectivity index (χ0v) is 9.81. The van der Waals surface area contributed by atoms with Crippen LogP contribution in [0.25, 0.3) is 0 Å². The minimum absolute atomic E-state index is 0.0804.